The quantitative estimate of drug-likeness (QED) is 0.640. The Bertz CT molecular complexity index is 472. The van der Waals surface area contributed by atoms with Crippen molar-refractivity contribution in [3.63, 3.8) is 0 Å². The molecule has 0 spiro atoms. The maximum absolute atomic E-state index is 14.2. The Morgan fingerprint density at radius 3 is 3.00 bits per heavy atom. The van der Waals surface area contributed by atoms with Gasteiger partial charge in [0, 0.05) is 25.3 Å². The number of nitrogens with zero attached hydrogens (tertiary/aromatic N) is 1. The van der Waals surface area contributed by atoms with Crippen LogP contribution in [0.25, 0.3) is 0 Å². The highest BCUT2D eigenvalue weighted by molar-refractivity contribution is 5.95. The van der Waals surface area contributed by atoms with E-state index in [9.17, 15) is 4.39 Å². The molecule has 1 unspecified atom stereocenters. The van der Waals surface area contributed by atoms with E-state index >= 15 is 0 Å². The maximum Gasteiger partial charge on any atom is 0.138 e. The SMILES string of the molecule is CN(Cc1cccc(C(=N)N)c1F)CC1CCCOC1. The molecule has 1 saturated heterocycles. The topological polar surface area (TPSA) is 62.3 Å². The van der Waals surface area contributed by atoms with Crippen molar-refractivity contribution in [2.45, 2.75) is 19.4 Å². The van der Waals surface area contributed by atoms with E-state index in [4.69, 9.17) is 15.9 Å². The molecule has 3 N–H and O–H groups in total. The fraction of sp³-hybridized carbons (Fsp3) is 0.533. The number of rotatable bonds is 5. The lowest BCUT2D eigenvalue weighted by Crippen LogP contribution is -2.31. The number of halogens is 1. The van der Waals surface area contributed by atoms with Crippen LogP contribution in [0.1, 0.15) is 24.0 Å². The number of benzene rings is 1. The van der Waals surface area contributed by atoms with E-state index in [1.54, 1.807) is 12.1 Å². The average molecular weight is 279 g/mol. The first kappa shape index (κ1) is 14.9. The van der Waals surface area contributed by atoms with Gasteiger partial charge in [-0.1, -0.05) is 12.1 Å². The van der Waals surface area contributed by atoms with Crippen molar-refractivity contribution in [1.82, 2.24) is 4.90 Å². The van der Waals surface area contributed by atoms with Gasteiger partial charge in [-0.2, -0.15) is 0 Å². The lowest BCUT2D eigenvalue weighted by atomic mass is 10.0. The Morgan fingerprint density at radius 2 is 2.35 bits per heavy atom. The third-order valence-corrected chi connectivity index (χ3v) is 3.63. The standard InChI is InChI=1S/C15H22FN3O/c1-19(8-11-4-3-7-20-10-11)9-12-5-2-6-13(14(12)16)15(17)18/h2,5-6,11H,3-4,7-10H2,1H3,(H3,17,18). The van der Waals surface area contributed by atoms with Gasteiger partial charge < -0.3 is 15.4 Å². The maximum atomic E-state index is 14.2. The Morgan fingerprint density at radius 1 is 1.55 bits per heavy atom. The largest absolute Gasteiger partial charge is 0.384 e. The van der Waals surface area contributed by atoms with Crippen LogP contribution < -0.4 is 5.73 Å². The van der Waals surface area contributed by atoms with E-state index in [2.05, 4.69) is 4.90 Å². The number of hydrogen-bond donors (Lipinski definition) is 2. The zero-order valence-corrected chi connectivity index (χ0v) is 11.9. The minimum Gasteiger partial charge on any atom is -0.384 e. The summed E-state index contributed by atoms with van der Waals surface area (Å²) in [6, 6.07) is 5.03. The van der Waals surface area contributed by atoms with E-state index < -0.39 is 0 Å². The Labute approximate surface area is 119 Å². The van der Waals surface area contributed by atoms with Crippen molar-refractivity contribution in [3.8, 4) is 0 Å². The van der Waals surface area contributed by atoms with Gasteiger partial charge in [-0.3, -0.25) is 5.41 Å². The first-order valence-electron chi connectivity index (χ1n) is 6.96. The third-order valence-electron chi connectivity index (χ3n) is 3.63. The van der Waals surface area contributed by atoms with Gasteiger partial charge in [0.1, 0.15) is 11.7 Å². The minimum atomic E-state index is -0.383. The zero-order chi connectivity index (χ0) is 14.5. The Hall–Kier alpha value is -1.46. The van der Waals surface area contributed by atoms with Crippen LogP contribution in [-0.4, -0.2) is 37.5 Å². The van der Waals surface area contributed by atoms with Crippen molar-refractivity contribution < 1.29 is 9.13 Å². The molecule has 1 aromatic rings. The third kappa shape index (κ3) is 3.77. The summed E-state index contributed by atoms with van der Waals surface area (Å²) in [5, 5.41) is 7.37. The summed E-state index contributed by atoms with van der Waals surface area (Å²) < 4.78 is 19.7. The van der Waals surface area contributed by atoms with Gasteiger partial charge in [-0.15, -0.1) is 0 Å². The molecule has 0 amide bonds. The molecule has 0 aliphatic carbocycles. The average Bonchev–Trinajstić information content (AvgIpc) is 2.42. The summed E-state index contributed by atoms with van der Waals surface area (Å²) >= 11 is 0. The molecule has 0 bridgehead atoms. The molecule has 0 aromatic heterocycles. The number of amidine groups is 1. The number of nitrogens with one attached hydrogen (secondary N) is 1. The van der Waals surface area contributed by atoms with Crippen LogP contribution in [0, 0.1) is 17.1 Å². The summed E-state index contributed by atoms with van der Waals surface area (Å²) in [4.78, 5) is 2.10. The number of nitrogens with two attached hydrogens (primary N) is 1. The van der Waals surface area contributed by atoms with Crippen LogP contribution in [0.4, 0.5) is 4.39 Å². The monoisotopic (exact) mass is 279 g/mol. The van der Waals surface area contributed by atoms with Gasteiger partial charge >= 0.3 is 0 Å². The molecule has 1 fully saturated rings. The molecule has 5 heteroatoms. The van der Waals surface area contributed by atoms with Crippen molar-refractivity contribution in [3.05, 3.63) is 35.1 Å². The molecule has 1 aliphatic heterocycles. The van der Waals surface area contributed by atoms with Crippen LogP contribution in [0.5, 0.6) is 0 Å². The molecule has 0 saturated carbocycles. The molecule has 0 radical (unpaired) electrons. The summed E-state index contributed by atoms with van der Waals surface area (Å²) in [7, 11) is 1.98. The number of nitrogen functional groups attached to an aromatic ring is 1. The fourth-order valence-electron chi connectivity index (χ4n) is 2.66. The van der Waals surface area contributed by atoms with Gasteiger partial charge in [-0.05, 0) is 31.9 Å². The van der Waals surface area contributed by atoms with E-state index in [-0.39, 0.29) is 17.2 Å². The van der Waals surface area contributed by atoms with E-state index in [1.807, 2.05) is 7.05 Å². The van der Waals surface area contributed by atoms with E-state index in [0.717, 1.165) is 26.2 Å². The van der Waals surface area contributed by atoms with Crippen LogP contribution in [0.3, 0.4) is 0 Å². The van der Waals surface area contributed by atoms with Crippen LogP contribution in [0.2, 0.25) is 0 Å². The highest BCUT2D eigenvalue weighted by Crippen LogP contribution is 2.18. The van der Waals surface area contributed by atoms with Crippen molar-refractivity contribution in [2.24, 2.45) is 11.7 Å². The molecular weight excluding hydrogens is 257 g/mol. The Kier molecular flexibility index (Phi) is 5.09. The summed E-state index contributed by atoms with van der Waals surface area (Å²) in [5.41, 5.74) is 6.14. The zero-order valence-electron chi connectivity index (χ0n) is 11.9. The van der Waals surface area contributed by atoms with Crippen molar-refractivity contribution in [2.75, 3.05) is 26.8 Å². The second-order valence-corrected chi connectivity index (χ2v) is 5.47. The fourth-order valence-corrected chi connectivity index (χ4v) is 2.66. The Balaban J connectivity index is 1.98. The molecule has 1 aliphatic rings. The van der Waals surface area contributed by atoms with Crippen LogP contribution in [0.15, 0.2) is 18.2 Å². The van der Waals surface area contributed by atoms with E-state index in [1.165, 1.54) is 12.5 Å². The highest BCUT2D eigenvalue weighted by atomic mass is 19.1. The van der Waals surface area contributed by atoms with Crippen molar-refractivity contribution in [1.29, 1.82) is 5.41 Å². The summed E-state index contributed by atoms with van der Waals surface area (Å²) in [6.07, 6.45) is 2.27. The van der Waals surface area contributed by atoms with E-state index in [0.29, 0.717) is 18.0 Å². The van der Waals surface area contributed by atoms with Crippen LogP contribution in [-0.2, 0) is 11.3 Å². The molecule has 2 rings (SSSR count). The predicted molar refractivity (Wildman–Crippen MR) is 77.3 cm³/mol. The molecule has 4 nitrogen and oxygen atoms in total. The molecule has 1 atom stereocenters. The van der Waals surface area contributed by atoms with Gasteiger partial charge in [0.25, 0.3) is 0 Å². The van der Waals surface area contributed by atoms with Crippen molar-refractivity contribution >= 4 is 5.84 Å². The first-order chi connectivity index (χ1) is 9.58. The summed E-state index contributed by atoms with van der Waals surface area (Å²) in [5.74, 6) is -0.0905. The molecule has 1 aromatic carbocycles. The minimum absolute atomic E-state index is 0.178. The number of ether oxygens (including phenoxy) is 1. The van der Waals surface area contributed by atoms with Gasteiger partial charge in [-0.25, -0.2) is 4.39 Å². The molecular formula is C15H22FN3O. The molecule has 20 heavy (non-hydrogen) atoms. The lowest BCUT2D eigenvalue weighted by Gasteiger charge is -2.27. The molecule has 1 heterocycles. The second kappa shape index (κ2) is 6.81. The smallest absolute Gasteiger partial charge is 0.138 e. The van der Waals surface area contributed by atoms with Gasteiger partial charge in [0.2, 0.25) is 0 Å². The van der Waals surface area contributed by atoms with Crippen LogP contribution >= 0.6 is 0 Å². The molecule has 110 valence electrons. The summed E-state index contributed by atoms with van der Waals surface area (Å²) in [6.45, 7) is 3.06. The second-order valence-electron chi connectivity index (χ2n) is 5.47. The lowest BCUT2D eigenvalue weighted by molar-refractivity contribution is 0.0410. The predicted octanol–water partition coefficient (Wildman–Crippen LogP) is 1.97. The normalized spacial score (nSPS) is 19.2. The van der Waals surface area contributed by atoms with Gasteiger partial charge in [0.15, 0.2) is 0 Å². The highest BCUT2D eigenvalue weighted by Gasteiger charge is 2.17. The first-order valence-corrected chi connectivity index (χ1v) is 6.96. The van der Waals surface area contributed by atoms with Gasteiger partial charge in [0.05, 0.1) is 12.2 Å². The number of hydrogen-bond acceptors (Lipinski definition) is 3.